The summed E-state index contributed by atoms with van der Waals surface area (Å²) in [5, 5.41) is 2.80. The third kappa shape index (κ3) is 5.87. The van der Waals surface area contributed by atoms with Crippen LogP contribution in [0.3, 0.4) is 0 Å². The lowest BCUT2D eigenvalue weighted by Crippen LogP contribution is -2.45. The maximum Gasteiger partial charge on any atom is 0.501 e. The number of hydrogen-bond acceptors (Lipinski definition) is 7. The minimum Gasteiger partial charge on any atom is -0.497 e. The summed E-state index contributed by atoms with van der Waals surface area (Å²) in [6.45, 7) is 1.64. The van der Waals surface area contributed by atoms with E-state index >= 15 is 0 Å². The van der Waals surface area contributed by atoms with E-state index in [2.05, 4.69) is 10.3 Å². The summed E-state index contributed by atoms with van der Waals surface area (Å²) in [4.78, 5) is 44.9. The van der Waals surface area contributed by atoms with Gasteiger partial charge in [-0.25, -0.2) is 18.1 Å². The van der Waals surface area contributed by atoms with Crippen LogP contribution >= 0.6 is 0 Å². The van der Waals surface area contributed by atoms with Crippen LogP contribution in [0.2, 0.25) is 0 Å². The van der Waals surface area contributed by atoms with Crippen LogP contribution in [0.4, 0.5) is 23.7 Å². The van der Waals surface area contributed by atoms with E-state index in [0.717, 1.165) is 22.6 Å². The molecule has 1 N–H and O–H groups in total. The SMILES string of the molecule is COc1ccc(CCNC(=O)C(c2ccncc2)N2C(=O)N(c3ccc(S(=O)(=O)C(F)(F)F)cc3)C(=O)C2C)cc1. The van der Waals surface area contributed by atoms with Gasteiger partial charge in [0.2, 0.25) is 5.91 Å². The van der Waals surface area contributed by atoms with Crippen LogP contribution in [0.5, 0.6) is 5.75 Å². The molecule has 1 aromatic heterocycles. The normalized spacial score (nSPS) is 16.6. The maximum absolute atomic E-state index is 13.6. The number of hydrogen-bond donors (Lipinski definition) is 1. The van der Waals surface area contributed by atoms with E-state index < -0.39 is 50.2 Å². The van der Waals surface area contributed by atoms with Crippen molar-refractivity contribution in [3.8, 4) is 5.75 Å². The molecule has 10 nitrogen and oxygen atoms in total. The number of imide groups is 1. The molecule has 1 saturated heterocycles. The van der Waals surface area contributed by atoms with Gasteiger partial charge in [-0.2, -0.15) is 13.2 Å². The molecule has 0 bridgehead atoms. The predicted octanol–water partition coefficient (Wildman–Crippen LogP) is 3.64. The van der Waals surface area contributed by atoms with Gasteiger partial charge in [0.25, 0.3) is 15.7 Å². The smallest absolute Gasteiger partial charge is 0.497 e. The molecule has 216 valence electrons. The third-order valence-electron chi connectivity index (χ3n) is 6.54. The highest BCUT2D eigenvalue weighted by molar-refractivity contribution is 7.92. The summed E-state index contributed by atoms with van der Waals surface area (Å²) >= 11 is 0. The molecule has 14 heteroatoms. The Kier molecular flexibility index (Phi) is 8.33. The number of halogens is 3. The topological polar surface area (TPSA) is 126 Å². The second-order valence-corrected chi connectivity index (χ2v) is 11.0. The van der Waals surface area contributed by atoms with Crippen molar-refractivity contribution in [2.75, 3.05) is 18.6 Å². The largest absolute Gasteiger partial charge is 0.501 e. The first-order chi connectivity index (χ1) is 19.4. The van der Waals surface area contributed by atoms with Gasteiger partial charge >= 0.3 is 11.5 Å². The summed E-state index contributed by atoms with van der Waals surface area (Å²) < 4.78 is 67.3. The van der Waals surface area contributed by atoms with Gasteiger partial charge in [0.15, 0.2) is 0 Å². The summed E-state index contributed by atoms with van der Waals surface area (Å²) in [6.07, 6.45) is 3.33. The fourth-order valence-corrected chi connectivity index (χ4v) is 5.13. The van der Waals surface area contributed by atoms with Crippen LogP contribution in [0.15, 0.2) is 78.0 Å². The lowest BCUT2D eigenvalue weighted by atomic mass is 10.0. The highest BCUT2D eigenvalue weighted by Crippen LogP contribution is 2.35. The first kappa shape index (κ1) is 29.5. The van der Waals surface area contributed by atoms with Gasteiger partial charge in [0, 0.05) is 18.9 Å². The van der Waals surface area contributed by atoms with Gasteiger partial charge in [-0.3, -0.25) is 19.5 Å². The first-order valence-electron chi connectivity index (χ1n) is 12.2. The molecular formula is C27H25F3N4O6S. The van der Waals surface area contributed by atoms with E-state index in [1.54, 1.807) is 19.2 Å². The third-order valence-corrected chi connectivity index (χ3v) is 8.04. The summed E-state index contributed by atoms with van der Waals surface area (Å²) in [5.74, 6) is -0.624. The Morgan fingerprint density at radius 2 is 1.63 bits per heavy atom. The lowest BCUT2D eigenvalue weighted by molar-refractivity contribution is -0.127. The molecule has 2 aromatic carbocycles. The Hall–Kier alpha value is -4.46. The van der Waals surface area contributed by atoms with Gasteiger partial charge in [-0.1, -0.05) is 12.1 Å². The fraction of sp³-hybridized carbons (Fsp3) is 0.259. The molecule has 0 radical (unpaired) electrons. The molecule has 1 aliphatic rings. The van der Waals surface area contributed by atoms with Crippen molar-refractivity contribution in [2.24, 2.45) is 0 Å². The highest BCUT2D eigenvalue weighted by atomic mass is 32.2. The van der Waals surface area contributed by atoms with E-state index in [-0.39, 0.29) is 12.2 Å². The highest BCUT2D eigenvalue weighted by Gasteiger charge is 2.50. The Bertz CT molecular complexity index is 1530. The molecule has 0 spiro atoms. The number of aromatic nitrogens is 1. The molecule has 0 saturated carbocycles. The number of nitrogens with zero attached hydrogens (tertiary/aromatic N) is 3. The van der Waals surface area contributed by atoms with Gasteiger partial charge in [-0.05, 0) is 73.0 Å². The second kappa shape index (κ2) is 11.6. The number of sulfone groups is 1. The van der Waals surface area contributed by atoms with Gasteiger partial charge in [-0.15, -0.1) is 0 Å². The van der Waals surface area contributed by atoms with Crippen LogP contribution in [-0.4, -0.2) is 61.4 Å². The summed E-state index contributed by atoms with van der Waals surface area (Å²) in [7, 11) is -4.07. The summed E-state index contributed by atoms with van der Waals surface area (Å²) in [5.41, 5.74) is -4.36. The van der Waals surface area contributed by atoms with Crippen molar-refractivity contribution in [3.63, 3.8) is 0 Å². The number of rotatable bonds is 9. The van der Waals surface area contributed by atoms with E-state index in [4.69, 9.17) is 4.74 Å². The molecule has 0 aliphatic carbocycles. The zero-order valence-electron chi connectivity index (χ0n) is 21.8. The number of methoxy groups -OCH3 is 1. The van der Waals surface area contributed by atoms with E-state index in [1.165, 1.54) is 31.5 Å². The van der Waals surface area contributed by atoms with Gasteiger partial charge in [0.05, 0.1) is 17.7 Å². The fourth-order valence-electron chi connectivity index (χ4n) is 4.36. The average Bonchev–Trinajstić information content (AvgIpc) is 3.17. The number of anilines is 1. The summed E-state index contributed by atoms with van der Waals surface area (Å²) in [6, 6.07) is 10.2. The molecule has 2 unspecified atom stereocenters. The minimum atomic E-state index is -5.62. The standard InChI is InChI=1S/C27H25F3N4O6S/c1-17-25(36)34(20-5-9-22(10-6-20)41(38,39)27(28,29)30)26(37)33(17)23(19-12-14-31-15-13-19)24(35)32-16-11-18-3-7-21(40-2)8-4-18/h3-10,12-15,17,23H,11,16H2,1-2H3,(H,32,35). The Morgan fingerprint density at radius 1 is 1.02 bits per heavy atom. The van der Waals surface area contributed by atoms with Crippen molar-refractivity contribution in [1.82, 2.24) is 15.2 Å². The zero-order valence-corrected chi connectivity index (χ0v) is 22.6. The second-order valence-electron chi connectivity index (χ2n) is 9.05. The molecule has 4 amide bonds. The number of amides is 4. The van der Waals surface area contributed by atoms with Gasteiger partial charge in [0.1, 0.15) is 17.8 Å². The molecule has 41 heavy (non-hydrogen) atoms. The maximum atomic E-state index is 13.6. The Balaban J connectivity index is 1.58. The number of benzene rings is 2. The molecule has 2 atom stereocenters. The van der Waals surface area contributed by atoms with E-state index in [9.17, 15) is 36.0 Å². The van der Waals surface area contributed by atoms with Crippen LogP contribution in [0.1, 0.15) is 24.1 Å². The minimum absolute atomic E-state index is 0.149. The molecule has 3 aromatic rings. The zero-order chi connectivity index (χ0) is 29.9. The van der Waals surface area contributed by atoms with E-state index in [1.807, 2.05) is 12.1 Å². The number of carbonyl (C=O) groups excluding carboxylic acids is 3. The van der Waals surface area contributed by atoms with Crippen LogP contribution in [0, 0.1) is 0 Å². The first-order valence-corrected chi connectivity index (χ1v) is 13.7. The number of ether oxygens (including phenoxy) is 1. The molecule has 1 aliphatic heterocycles. The van der Waals surface area contributed by atoms with Gasteiger partial charge < -0.3 is 10.1 Å². The molecule has 2 heterocycles. The Labute approximate surface area is 233 Å². The van der Waals surface area contributed by atoms with Crippen LogP contribution in [-0.2, 0) is 25.8 Å². The van der Waals surface area contributed by atoms with Crippen LogP contribution in [0.25, 0.3) is 0 Å². The van der Waals surface area contributed by atoms with Crippen LogP contribution < -0.4 is 15.0 Å². The monoisotopic (exact) mass is 590 g/mol. The van der Waals surface area contributed by atoms with E-state index in [0.29, 0.717) is 34.8 Å². The number of nitrogens with one attached hydrogen (secondary N) is 1. The molecule has 1 fully saturated rings. The van der Waals surface area contributed by atoms with Crippen molar-refractivity contribution in [3.05, 3.63) is 84.2 Å². The molecule has 4 rings (SSSR count). The number of urea groups is 1. The van der Waals surface area contributed by atoms with Crippen molar-refractivity contribution < 1.29 is 40.7 Å². The quantitative estimate of drug-likeness (QED) is 0.377. The van der Waals surface area contributed by atoms with Crippen molar-refractivity contribution in [2.45, 2.75) is 35.8 Å². The lowest BCUT2D eigenvalue weighted by Gasteiger charge is -2.29. The number of carbonyl (C=O) groups is 3. The number of alkyl halides is 3. The predicted molar refractivity (Wildman–Crippen MR) is 141 cm³/mol. The molecular weight excluding hydrogens is 565 g/mol. The number of pyridine rings is 1. The van der Waals surface area contributed by atoms with Crippen molar-refractivity contribution >= 4 is 33.4 Å². The average molecular weight is 591 g/mol. The Morgan fingerprint density at radius 3 is 2.20 bits per heavy atom. The van der Waals surface area contributed by atoms with Crippen molar-refractivity contribution in [1.29, 1.82) is 0 Å².